The number of ketones is 1. The van der Waals surface area contributed by atoms with E-state index in [2.05, 4.69) is 17.2 Å². The summed E-state index contributed by atoms with van der Waals surface area (Å²) in [5.41, 5.74) is 5.39. The maximum Gasteiger partial charge on any atom is 0.287 e. The number of carbonyl (C=O) groups excluding carboxylic acids is 5. The van der Waals surface area contributed by atoms with Crippen LogP contribution in [0, 0.1) is 5.92 Å². The summed E-state index contributed by atoms with van der Waals surface area (Å²) in [6, 6.07) is 4.43. The van der Waals surface area contributed by atoms with Gasteiger partial charge in [0.25, 0.3) is 5.91 Å². The number of fused-ring (bicyclic) bond motifs is 4. The third kappa shape index (κ3) is 8.68. The number of primary amides is 1. The van der Waals surface area contributed by atoms with E-state index in [9.17, 15) is 24.0 Å². The number of nitrogens with two attached hydrogens (primary N) is 1. The van der Waals surface area contributed by atoms with Crippen molar-refractivity contribution < 1.29 is 33.4 Å². The molecular formula is C33H46N4O7. The number of benzene rings is 1. The summed E-state index contributed by atoms with van der Waals surface area (Å²) in [7, 11) is 0. The molecule has 4 N–H and O–H groups in total. The minimum atomic E-state index is -1.15. The molecule has 4 rings (SSSR count). The molecule has 2 heterocycles. The van der Waals surface area contributed by atoms with E-state index in [1.807, 2.05) is 38.1 Å². The molecule has 1 aromatic carbocycles. The normalized spacial score (nSPS) is 25.3. The van der Waals surface area contributed by atoms with Gasteiger partial charge in [-0.15, -0.1) is 6.58 Å². The van der Waals surface area contributed by atoms with Gasteiger partial charge in [0.2, 0.25) is 23.5 Å². The van der Waals surface area contributed by atoms with Crippen LogP contribution < -0.4 is 21.1 Å². The first-order valence-electron chi connectivity index (χ1n) is 15.7. The van der Waals surface area contributed by atoms with Crippen LogP contribution >= 0.6 is 0 Å². The second-order valence-corrected chi connectivity index (χ2v) is 12.8. The minimum absolute atomic E-state index is 0.0781. The van der Waals surface area contributed by atoms with E-state index in [1.54, 1.807) is 6.08 Å². The Kier molecular flexibility index (Phi) is 11.2. The van der Waals surface area contributed by atoms with Gasteiger partial charge in [-0.3, -0.25) is 24.0 Å². The van der Waals surface area contributed by atoms with Crippen LogP contribution in [0.4, 0.5) is 0 Å². The molecule has 240 valence electrons. The molecular weight excluding hydrogens is 564 g/mol. The highest BCUT2D eigenvalue weighted by atomic mass is 16.5. The van der Waals surface area contributed by atoms with Gasteiger partial charge in [-0.1, -0.05) is 37.5 Å². The number of ether oxygens (including phenoxy) is 2. The lowest BCUT2D eigenvalue weighted by atomic mass is 9.83. The first kappa shape index (κ1) is 33.2. The average molecular weight is 611 g/mol. The van der Waals surface area contributed by atoms with Gasteiger partial charge in [-0.05, 0) is 63.1 Å². The Morgan fingerprint density at radius 1 is 1.20 bits per heavy atom. The molecule has 11 heteroatoms. The number of rotatable bonds is 8. The number of amides is 4. The summed E-state index contributed by atoms with van der Waals surface area (Å²) >= 11 is 0. The summed E-state index contributed by atoms with van der Waals surface area (Å²) in [4.78, 5) is 67.3. The van der Waals surface area contributed by atoms with Crippen molar-refractivity contribution in [1.82, 2.24) is 15.5 Å². The number of nitrogens with one attached hydrogen (secondary N) is 2. The van der Waals surface area contributed by atoms with Crippen molar-refractivity contribution in [2.24, 2.45) is 11.7 Å². The lowest BCUT2D eigenvalue weighted by Gasteiger charge is -2.35. The predicted octanol–water partition coefficient (Wildman–Crippen LogP) is 2.35. The van der Waals surface area contributed by atoms with Crippen LogP contribution in [0.15, 0.2) is 36.9 Å². The van der Waals surface area contributed by atoms with Crippen molar-refractivity contribution >= 4 is 29.4 Å². The van der Waals surface area contributed by atoms with E-state index in [4.69, 9.17) is 15.2 Å². The van der Waals surface area contributed by atoms with Gasteiger partial charge >= 0.3 is 0 Å². The maximum absolute atomic E-state index is 14.4. The average Bonchev–Trinajstić information content (AvgIpc) is 3.40. The smallest absolute Gasteiger partial charge is 0.287 e. The number of Topliss-reactive ketones (excluding diaryl/α,β-unsaturated/α-hetero) is 1. The Morgan fingerprint density at radius 2 is 1.95 bits per heavy atom. The van der Waals surface area contributed by atoms with Crippen LogP contribution in [0.2, 0.25) is 0 Å². The first-order chi connectivity index (χ1) is 21.0. The van der Waals surface area contributed by atoms with E-state index in [0.29, 0.717) is 25.2 Å². The molecule has 2 aliphatic heterocycles. The van der Waals surface area contributed by atoms with Gasteiger partial charge < -0.3 is 30.7 Å². The molecule has 3 aliphatic rings. The van der Waals surface area contributed by atoms with Crippen molar-refractivity contribution in [3.05, 3.63) is 42.5 Å². The van der Waals surface area contributed by atoms with E-state index in [0.717, 1.165) is 37.7 Å². The highest BCUT2D eigenvalue weighted by Crippen LogP contribution is 2.32. The standard InChI is InChI=1S/C33H46N4O7/c1-4-5-14-25(29(39)30(34)40)35-31(41)26-19-24-20-37(26)32(42)28(22-11-7-6-8-12-22)36-27(38)18-21-10-9-13-23(17-21)43-16-15-33(2,3)44-24/h4,9-10,13,17,22,24-26,28H,1,5-8,11-12,14-16,18-20H2,2-3H3,(H2,34,40)(H,35,41)(H,36,38)/t24-,25?,26?,28+/m1/s1. The van der Waals surface area contributed by atoms with E-state index < -0.39 is 47.4 Å². The molecule has 2 unspecified atom stereocenters. The number of carbonyl (C=O) groups is 5. The predicted molar refractivity (Wildman–Crippen MR) is 163 cm³/mol. The fourth-order valence-electron chi connectivity index (χ4n) is 6.48. The van der Waals surface area contributed by atoms with E-state index in [-0.39, 0.29) is 43.5 Å². The third-order valence-corrected chi connectivity index (χ3v) is 8.81. The van der Waals surface area contributed by atoms with Crippen LogP contribution in [0.5, 0.6) is 5.75 Å². The molecule has 4 amide bonds. The van der Waals surface area contributed by atoms with Crippen LogP contribution in [0.3, 0.4) is 0 Å². The van der Waals surface area contributed by atoms with Gasteiger partial charge in [0.05, 0.1) is 30.8 Å². The van der Waals surface area contributed by atoms with Crippen molar-refractivity contribution in [1.29, 1.82) is 0 Å². The van der Waals surface area contributed by atoms with Gasteiger partial charge in [0.1, 0.15) is 17.8 Å². The molecule has 0 radical (unpaired) electrons. The molecule has 1 saturated carbocycles. The van der Waals surface area contributed by atoms with Crippen molar-refractivity contribution in [2.75, 3.05) is 13.2 Å². The summed E-state index contributed by atoms with van der Waals surface area (Å²) in [6.45, 7) is 8.04. The molecule has 0 aromatic heterocycles. The van der Waals surface area contributed by atoms with Crippen molar-refractivity contribution in [3.8, 4) is 5.75 Å². The topological polar surface area (TPSA) is 157 Å². The van der Waals surface area contributed by atoms with Gasteiger partial charge in [0, 0.05) is 19.4 Å². The molecule has 1 saturated heterocycles. The molecule has 1 aromatic rings. The second-order valence-electron chi connectivity index (χ2n) is 12.8. The lowest BCUT2D eigenvalue weighted by molar-refractivity contribution is -0.144. The quantitative estimate of drug-likeness (QED) is 0.301. The first-order valence-corrected chi connectivity index (χ1v) is 15.7. The zero-order chi connectivity index (χ0) is 31.9. The zero-order valence-electron chi connectivity index (χ0n) is 25.8. The molecule has 4 bridgehead atoms. The second kappa shape index (κ2) is 14.8. The Labute approximate surface area is 259 Å². The fourth-order valence-corrected chi connectivity index (χ4v) is 6.48. The Balaban J connectivity index is 1.66. The largest absolute Gasteiger partial charge is 0.493 e. The third-order valence-electron chi connectivity index (χ3n) is 8.81. The molecule has 0 spiro atoms. The molecule has 2 fully saturated rings. The molecule has 1 aliphatic carbocycles. The molecule has 11 nitrogen and oxygen atoms in total. The van der Waals surface area contributed by atoms with Gasteiger partial charge in [-0.2, -0.15) is 0 Å². The van der Waals surface area contributed by atoms with Crippen LogP contribution in [-0.2, 0) is 35.1 Å². The SMILES string of the molecule is C=CCCC(NC(=O)C1C[C@@H]2CN1C(=O)[C@H](C1CCCCC1)NC(=O)Cc1cccc(c1)OCCC(C)(C)O2)C(=O)C(N)=O. The Morgan fingerprint density at radius 3 is 2.66 bits per heavy atom. The number of hydrogen-bond acceptors (Lipinski definition) is 7. The van der Waals surface area contributed by atoms with Crippen molar-refractivity contribution in [3.63, 3.8) is 0 Å². The zero-order valence-corrected chi connectivity index (χ0v) is 25.8. The molecule has 44 heavy (non-hydrogen) atoms. The van der Waals surface area contributed by atoms with E-state index >= 15 is 0 Å². The number of nitrogens with zero attached hydrogens (tertiary/aromatic N) is 1. The number of hydrogen-bond donors (Lipinski definition) is 3. The monoisotopic (exact) mass is 610 g/mol. The highest BCUT2D eigenvalue weighted by Gasteiger charge is 2.46. The van der Waals surface area contributed by atoms with E-state index in [1.165, 1.54) is 4.90 Å². The minimum Gasteiger partial charge on any atom is -0.493 e. The Bertz CT molecular complexity index is 1240. The van der Waals surface area contributed by atoms with Crippen LogP contribution in [-0.4, -0.2) is 77.3 Å². The van der Waals surface area contributed by atoms with Gasteiger partial charge in [0.15, 0.2) is 0 Å². The Hall–Kier alpha value is -3.73. The summed E-state index contributed by atoms with van der Waals surface area (Å²) in [5, 5.41) is 5.69. The summed E-state index contributed by atoms with van der Waals surface area (Å²) in [5.74, 6) is -2.69. The highest BCUT2D eigenvalue weighted by molar-refractivity contribution is 6.37. The summed E-state index contributed by atoms with van der Waals surface area (Å²) in [6.07, 6.45) is 6.97. The fraction of sp³-hybridized carbons (Fsp3) is 0.606. The number of allylic oxidation sites excluding steroid dienone is 1. The summed E-state index contributed by atoms with van der Waals surface area (Å²) < 4.78 is 12.5. The van der Waals surface area contributed by atoms with Crippen LogP contribution in [0.1, 0.15) is 77.2 Å². The van der Waals surface area contributed by atoms with Crippen LogP contribution in [0.25, 0.3) is 0 Å². The molecule has 4 atom stereocenters. The lowest BCUT2D eigenvalue weighted by Crippen LogP contribution is -2.58. The van der Waals surface area contributed by atoms with Gasteiger partial charge in [-0.25, -0.2) is 0 Å². The van der Waals surface area contributed by atoms with Crippen molar-refractivity contribution in [2.45, 2.75) is 108 Å². The maximum atomic E-state index is 14.4.